The molecule has 0 aliphatic carbocycles. The molecule has 84 valence electrons. The zero-order valence-corrected chi connectivity index (χ0v) is 8.94. The Hall–Kier alpha value is -2.02. The molecule has 0 spiro atoms. The molecule has 0 unspecified atom stereocenters. The Bertz CT molecular complexity index is 379. The monoisotopic (exact) mass is 218 g/mol. The number of carbonyl (C=O) groups excluding carboxylic acids is 1. The van der Waals surface area contributed by atoms with Crippen molar-refractivity contribution in [2.24, 2.45) is 0 Å². The number of rotatable bonds is 5. The quantitative estimate of drug-likeness (QED) is 0.740. The van der Waals surface area contributed by atoms with Crippen LogP contribution < -0.4 is 5.32 Å². The lowest BCUT2D eigenvalue weighted by molar-refractivity contribution is 0.0953. The zero-order valence-electron chi connectivity index (χ0n) is 8.94. The normalized spacial score (nSPS) is 9.44. The number of hydrogen-bond acceptors (Lipinski definition) is 3. The molecule has 0 heterocycles. The second kappa shape index (κ2) is 6.46. The fourth-order valence-electron chi connectivity index (χ4n) is 1.25. The van der Waals surface area contributed by atoms with Crippen LogP contribution >= 0.6 is 0 Å². The number of aromatic hydroxyl groups is 1. The molecular formula is C12H14N2O2. The van der Waals surface area contributed by atoms with E-state index in [2.05, 4.69) is 11.4 Å². The van der Waals surface area contributed by atoms with Gasteiger partial charge in [0, 0.05) is 18.5 Å². The van der Waals surface area contributed by atoms with Gasteiger partial charge in [0.15, 0.2) is 0 Å². The summed E-state index contributed by atoms with van der Waals surface area (Å²) in [7, 11) is 0. The summed E-state index contributed by atoms with van der Waals surface area (Å²) in [6.07, 6.45) is 2.12. The van der Waals surface area contributed by atoms with Crippen molar-refractivity contribution in [2.45, 2.75) is 19.3 Å². The van der Waals surface area contributed by atoms with E-state index >= 15 is 0 Å². The Labute approximate surface area is 94.5 Å². The van der Waals surface area contributed by atoms with Crippen LogP contribution in [0.15, 0.2) is 24.3 Å². The standard InChI is InChI=1S/C12H14N2O2/c13-8-2-1-3-9-14-12(16)10-4-6-11(15)7-5-10/h4-7,15H,1-3,9H2,(H,14,16). The predicted octanol–water partition coefficient (Wildman–Crippen LogP) is 1.82. The van der Waals surface area contributed by atoms with Gasteiger partial charge in [-0.15, -0.1) is 0 Å². The van der Waals surface area contributed by atoms with Gasteiger partial charge in [-0.2, -0.15) is 5.26 Å². The molecule has 4 heteroatoms. The third-order valence-corrected chi connectivity index (χ3v) is 2.13. The number of nitrogens with one attached hydrogen (secondary N) is 1. The fourth-order valence-corrected chi connectivity index (χ4v) is 1.25. The van der Waals surface area contributed by atoms with Crippen molar-refractivity contribution in [1.82, 2.24) is 5.32 Å². The smallest absolute Gasteiger partial charge is 0.251 e. The lowest BCUT2D eigenvalue weighted by atomic mass is 10.2. The maximum Gasteiger partial charge on any atom is 0.251 e. The highest BCUT2D eigenvalue weighted by Crippen LogP contribution is 2.09. The number of phenolic OH excluding ortho intramolecular Hbond substituents is 1. The first-order valence-electron chi connectivity index (χ1n) is 5.18. The van der Waals surface area contributed by atoms with E-state index in [1.807, 2.05) is 0 Å². The van der Waals surface area contributed by atoms with Crippen molar-refractivity contribution >= 4 is 5.91 Å². The summed E-state index contributed by atoms with van der Waals surface area (Å²) in [5.41, 5.74) is 0.526. The molecule has 0 saturated heterocycles. The van der Waals surface area contributed by atoms with E-state index in [1.165, 1.54) is 12.1 Å². The van der Waals surface area contributed by atoms with Crippen molar-refractivity contribution in [2.75, 3.05) is 6.54 Å². The topological polar surface area (TPSA) is 73.1 Å². The van der Waals surface area contributed by atoms with Crippen LogP contribution in [0.1, 0.15) is 29.6 Å². The highest BCUT2D eigenvalue weighted by Gasteiger charge is 2.03. The molecule has 0 aliphatic heterocycles. The summed E-state index contributed by atoms with van der Waals surface area (Å²) in [4.78, 5) is 11.5. The van der Waals surface area contributed by atoms with Gasteiger partial charge in [-0.1, -0.05) is 0 Å². The molecule has 0 atom stereocenters. The Balaban J connectivity index is 2.30. The lowest BCUT2D eigenvalue weighted by Gasteiger charge is -2.04. The Kier molecular flexibility index (Phi) is 4.87. The number of carbonyl (C=O) groups is 1. The third kappa shape index (κ3) is 4.01. The SMILES string of the molecule is N#CCCCCNC(=O)c1ccc(O)cc1. The number of nitriles is 1. The van der Waals surface area contributed by atoms with E-state index in [1.54, 1.807) is 12.1 Å². The van der Waals surface area contributed by atoms with E-state index in [4.69, 9.17) is 10.4 Å². The van der Waals surface area contributed by atoms with Crippen molar-refractivity contribution in [3.63, 3.8) is 0 Å². The van der Waals surface area contributed by atoms with E-state index in [9.17, 15) is 4.79 Å². The maximum absolute atomic E-state index is 11.5. The number of hydrogen-bond donors (Lipinski definition) is 2. The van der Waals surface area contributed by atoms with Crippen LogP contribution in [-0.4, -0.2) is 17.6 Å². The van der Waals surface area contributed by atoms with Crippen LogP contribution in [0.5, 0.6) is 5.75 Å². The average molecular weight is 218 g/mol. The number of unbranched alkanes of at least 4 members (excludes halogenated alkanes) is 2. The summed E-state index contributed by atoms with van der Waals surface area (Å²) < 4.78 is 0. The third-order valence-electron chi connectivity index (χ3n) is 2.13. The first kappa shape index (κ1) is 12.1. The van der Waals surface area contributed by atoms with Crippen LogP contribution in [0.2, 0.25) is 0 Å². The minimum Gasteiger partial charge on any atom is -0.508 e. The van der Waals surface area contributed by atoms with E-state index in [0.29, 0.717) is 18.5 Å². The van der Waals surface area contributed by atoms with Gasteiger partial charge < -0.3 is 10.4 Å². The highest BCUT2D eigenvalue weighted by atomic mass is 16.3. The molecular weight excluding hydrogens is 204 g/mol. The molecule has 16 heavy (non-hydrogen) atoms. The molecule has 1 aromatic carbocycles. The molecule has 0 aromatic heterocycles. The molecule has 0 bridgehead atoms. The molecule has 2 N–H and O–H groups in total. The van der Waals surface area contributed by atoms with Crippen LogP contribution in [0, 0.1) is 11.3 Å². The lowest BCUT2D eigenvalue weighted by Crippen LogP contribution is -2.24. The average Bonchev–Trinajstić information content (AvgIpc) is 2.29. The number of amides is 1. The Morgan fingerprint density at radius 3 is 2.62 bits per heavy atom. The first-order valence-corrected chi connectivity index (χ1v) is 5.18. The Morgan fingerprint density at radius 1 is 1.31 bits per heavy atom. The molecule has 0 saturated carbocycles. The van der Waals surface area contributed by atoms with Gasteiger partial charge in [-0.3, -0.25) is 4.79 Å². The minimum atomic E-state index is -0.156. The van der Waals surface area contributed by atoms with Crippen LogP contribution in [-0.2, 0) is 0 Å². The molecule has 0 fully saturated rings. The molecule has 1 amide bonds. The number of phenols is 1. The van der Waals surface area contributed by atoms with Crippen LogP contribution in [0.25, 0.3) is 0 Å². The first-order chi connectivity index (χ1) is 7.74. The van der Waals surface area contributed by atoms with E-state index < -0.39 is 0 Å². The predicted molar refractivity (Wildman–Crippen MR) is 59.9 cm³/mol. The van der Waals surface area contributed by atoms with Gasteiger partial charge in [0.05, 0.1) is 6.07 Å². The number of benzene rings is 1. The van der Waals surface area contributed by atoms with Crippen LogP contribution in [0.3, 0.4) is 0 Å². The van der Waals surface area contributed by atoms with Gasteiger partial charge in [-0.25, -0.2) is 0 Å². The van der Waals surface area contributed by atoms with Crippen LogP contribution in [0.4, 0.5) is 0 Å². The largest absolute Gasteiger partial charge is 0.508 e. The van der Waals surface area contributed by atoms with E-state index in [0.717, 1.165) is 12.8 Å². The molecule has 0 aliphatic rings. The van der Waals surface area contributed by atoms with Crippen molar-refractivity contribution in [3.8, 4) is 11.8 Å². The maximum atomic E-state index is 11.5. The van der Waals surface area contributed by atoms with Crippen molar-refractivity contribution in [1.29, 1.82) is 5.26 Å². The van der Waals surface area contributed by atoms with Crippen molar-refractivity contribution in [3.05, 3.63) is 29.8 Å². The van der Waals surface area contributed by atoms with Gasteiger partial charge in [-0.05, 0) is 37.1 Å². The van der Waals surface area contributed by atoms with Gasteiger partial charge in [0.2, 0.25) is 0 Å². The number of nitrogens with zero attached hydrogens (tertiary/aromatic N) is 1. The highest BCUT2D eigenvalue weighted by molar-refractivity contribution is 5.94. The van der Waals surface area contributed by atoms with E-state index in [-0.39, 0.29) is 11.7 Å². The van der Waals surface area contributed by atoms with Gasteiger partial charge >= 0.3 is 0 Å². The molecule has 4 nitrogen and oxygen atoms in total. The van der Waals surface area contributed by atoms with Crippen molar-refractivity contribution < 1.29 is 9.90 Å². The fraction of sp³-hybridized carbons (Fsp3) is 0.333. The van der Waals surface area contributed by atoms with Gasteiger partial charge in [0.1, 0.15) is 5.75 Å². The second-order valence-electron chi connectivity index (χ2n) is 3.42. The molecule has 0 radical (unpaired) electrons. The molecule has 1 rings (SSSR count). The summed E-state index contributed by atoms with van der Waals surface area (Å²) in [6, 6.07) is 8.15. The zero-order chi connectivity index (χ0) is 11.8. The summed E-state index contributed by atoms with van der Waals surface area (Å²) in [6.45, 7) is 0.571. The van der Waals surface area contributed by atoms with Gasteiger partial charge in [0.25, 0.3) is 5.91 Å². The Morgan fingerprint density at radius 2 is 2.00 bits per heavy atom. The minimum absolute atomic E-state index is 0.144. The summed E-state index contributed by atoms with van der Waals surface area (Å²) in [5, 5.41) is 20.1. The molecule has 1 aromatic rings. The second-order valence-corrected chi connectivity index (χ2v) is 3.42. The summed E-state index contributed by atoms with van der Waals surface area (Å²) in [5.74, 6) is -0.0115. The summed E-state index contributed by atoms with van der Waals surface area (Å²) >= 11 is 0.